The van der Waals surface area contributed by atoms with Crippen molar-refractivity contribution in [3.8, 4) is 0 Å². The van der Waals surface area contributed by atoms with E-state index in [4.69, 9.17) is 0 Å². The molecule has 0 unspecified atom stereocenters. The van der Waals surface area contributed by atoms with E-state index in [1.807, 2.05) is 0 Å². The minimum atomic E-state index is -0.466. The first kappa shape index (κ1) is 15.7. The second kappa shape index (κ2) is 5.80. The summed E-state index contributed by atoms with van der Waals surface area (Å²) in [5, 5.41) is 2.99. The fourth-order valence-electron chi connectivity index (χ4n) is 2.60. The van der Waals surface area contributed by atoms with Crippen molar-refractivity contribution in [3.63, 3.8) is 0 Å². The average Bonchev–Trinajstić information content (AvgIpc) is 2.96. The zero-order valence-corrected chi connectivity index (χ0v) is 13.1. The van der Waals surface area contributed by atoms with Gasteiger partial charge in [-0.05, 0) is 30.3 Å². The van der Waals surface area contributed by atoms with E-state index in [-0.39, 0.29) is 12.5 Å². The summed E-state index contributed by atoms with van der Waals surface area (Å²) in [6.45, 7) is -0.0820. The molecule has 0 atom stereocenters. The Morgan fingerprint density at radius 1 is 1.08 bits per heavy atom. The minimum absolute atomic E-state index is 0.0820. The van der Waals surface area contributed by atoms with Crippen LogP contribution in [-0.4, -0.2) is 19.6 Å². The van der Waals surface area contributed by atoms with Gasteiger partial charge in [0, 0.05) is 26.0 Å². The van der Waals surface area contributed by atoms with Crippen LogP contribution in [0.5, 0.6) is 0 Å². The van der Waals surface area contributed by atoms with Crippen LogP contribution >= 0.6 is 0 Å². The summed E-state index contributed by atoms with van der Waals surface area (Å²) >= 11 is 0. The highest BCUT2D eigenvalue weighted by Gasteiger charge is 2.14. The van der Waals surface area contributed by atoms with Gasteiger partial charge < -0.3 is 9.88 Å². The number of anilines is 1. The molecule has 0 aliphatic rings. The first-order chi connectivity index (χ1) is 11.4. The van der Waals surface area contributed by atoms with Crippen molar-refractivity contribution in [1.82, 2.24) is 13.7 Å². The van der Waals surface area contributed by atoms with Crippen LogP contribution in [0.2, 0.25) is 0 Å². The second-order valence-corrected chi connectivity index (χ2v) is 5.44. The van der Waals surface area contributed by atoms with Gasteiger partial charge in [-0.15, -0.1) is 0 Å². The highest BCUT2D eigenvalue weighted by Crippen LogP contribution is 2.11. The number of nitrogens with one attached hydrogen (secondary N) is 1. The molecule has 0 aliphatic heterocycles. The van der Waals surface area contributed by atoms with Crippen molar-refractivity contribution in [2.24, 2.45) is 14.1 Å². The van der Waals surface area contributed by atoms with E-state index in [1.54, 1.807) is 19.3 Å². The quantitative estimate of drug-likeness (QED) is 0.772. The number of hydrogen-bond acceptors (Lipinski definition) is 3. The predicted molar refractivity (Wildman–Crippen MR) is 87.4 cm³/mol. The summed E-state index contributed by atoms with van der Waals surface area (Å²) < 4.78 is 16.7. The van der Waals surface area contributed by atoms with E-state index < -0.39 is 17.1 Å². The maximum Gasteiger partial charge on any atom is 0.332 e. The number of halogens is 1. The van der Waals surface area contributed by atoms with Crippen molar-refractivity contribution in [2.75, 3.05) is 5.32 Å². The zero-order valence-electron chi connectivity index (χ0n) is 13.1. The van der Waals surface area contributed by atoms with Gasteiger partial charge in [0.05, 0.1) is 5.39 Å². The molecule has 0 aliphatic carbocycles. The molecule has 0 spiro atoms. The lowest BCUT2D eigenvalue weighted by Gasteiger charge is -2.10. The number of benzene rings is 1. The number of carbonyl (C=O) groups excluding carboxylic acids is 1. The van der Waals surface area contributed by atoms with E-state index in [2.05, 4.69) is 5.32 Å². The molecular weight excluding hydrogens is 315 g/mol. The number of aryl methyl sites for hydroxylation is 1. The summed E-state index contributed by atoms with van der Waals surface area (Å²) in [6.07, 6.45) is 1.58. The third-order valence-electron chi connectivity index (χ3n) is 3.80. The highest BCUT2D eigenvalue weighted by molar-refractivity contribution is 5.91. The molecule has 1 N–H and O–H groups in total. The lowest BCUT2D eigenvalue weighted by molar-refractivity contribution is -0.116. The zero-order chi connectivity index (χ0) is 17.4. The summed E-state index contributed by atoms with van der Waals surface area (Å²) in [6, 6.07) is 6.96. The number of rotatable bonds is 3. The molecule has 0 fully saturated rings. The third kappa shape index (κ3) is 2.62. The first-order valence-corrected chi connectivity index (χ1v) is 7.19. The van der Waals surface area contributed by atoms with Crippen LogP contribution in [0.1, 0.15) is 0 Å². The topological polar surface area (TPSA) is 78.0 Å². The number of carbonyl (C=O) groups is 1. The van der Waals surface area contributed by atoms with Gasteiger partial charge in [0.2, 0.25) is 5.91 Å². The number of amides is 1. The summed E-state index contributed by atoms with van der Waals surface area (Å²) in [5.74, 6) is -0.748. The van der Waals surface area contributed by atoms with Gasteiger partial charge in [-0.25, -0.2) is 9.18 Å². The number of aromatic nitrogens is 3. The van der Waals surface area contributed by atoms with Crippen LogP contribution in [0.4, 0.5) is 10.1 Å². The van der Waals surface area contributed by atoms with E-state index >= 15 is 0 Å². The van der Waals surface area contributed by atoms with Gasteiger partial charge in [0.1, 0.15) is 18.0 Å². The molecule has 124 valence electrons. The molecule has 8 heteroatoms. The Bertz CT molecular complexity index is 1040. The SMILES string of the molecule is Cn1c(=O)c2ccn(CC(=O)Nc3ccc(F)cc3)c2n(C)c1=O. The van der Waals surface area contributed by atoms with Gasteiger partial charge in [-0.3, -0.25) is 18.7 Å². The standard InChI is InChI=1S/C16H15FN4O3/c1-19-14-12(15(23)20(2)16(19)24)7-8-21(14)9-13(22)18-11-5-3-10(17)4-6-11/h3-8H,9H2,1-2H3,(H,18,22). The fourth-order valence-corrected chi connectivity index (χ4v) is 2.60. The maximum absolute atomic E-state index is 12.9. The van der Waals surface area contributed by atoms with Crippen LogP contribution in [0.25, 0.3) is 11.0 Å². The van der Waals surface area contributed by atoms with Gasteiger partial charge in [-0.1, -0.05) is 0 Å². The predicted octanol–water partition coefficient (Wildman–Crippen LogP) is 0.816. The van der Waals surface area contributed by atoms with Crippen molar-refractivity contribution < 1.29 is 9.18 Å². The summed E-state index contributed by atoms with van der Waals surface area (Å²) in [4.78, 5) is 36.3. The summed E-state index contributed by atoms with van der Waals surface area (Å²) in [5.41, 5.74) is -0.0443. The average molecular weight is 330 g/mol. The Morgan fingerprint density at radius 2 is 1.75 bits per heavy atom. The van der Waals surface area contributed by atoms with Crippen LogP contribution in [0.3, 0.4) is 0 Å². The Hall–Kier alpha value is -3.16. The molecule has 2 aromatic heterocycles. The van der Waals surface area contributed by atoms with Crippen LogP contribution in [0.15, 0.2) is 46.1 Å². The normalized spacial score (nSPS) is 11.0. The van der Waals surface area contributed by atoms with Crippen LogP contribution in [0, 0.1) is 5.82 Å². The van der Waals surface area contributed by atoms with Crippen molar-refractivity contribution >= 4 is 22.6 Å². The van der Waals surface area contributed by atoms with Gasteiger partial charge >= 0.3 is 5.69 Å². The Balaban J connectivity index is 1.93. The largest absolute Gasteiger partial charge is 0.332 e. The molecule has 3 aromatic rings. The van der Waals surface area contributed by atoms with Gasteiger partial charge in [0.15, 0.2) is 0 Å². The molecule has 24 heavy (non-hydrogen) atoms. The number of nitrogens with zero attached hydrogens (tertiary/aromatic N) is 3. The van der Waals surface area contributed by atoms with Gasteiger partial charge in [0.25, 0.3) is 5.56 Å². The van der Waals surface area contributed by atoms with Crippen LogP contribution in [-0.2, 0) is 25.4 Å². The molecule has 0 saturated heterocycles. The lowest BCUT2D eigenvalue weighted by Crippen LogP contribution is -2.37. The molecule has 0 saturated carbocycles. The molecule has 7 nitrogen and oxygen atoms in total. The lowest BCUT2D eigenvalue weighted by atomic mass is 10.3. The van der Waals surface area contributed by atoms with Crippen molar-refractivity contribution in [3.05, 3.63) is 63.2 Å². The van der Waals surface area contributed by atoms with E-state index in [0.29, 0.717) is 16.7 Å². The molecular formula is C16H15FN4O3. The smallest absolute Gasteiger partial charge is 0.325 e. The molecule has 1 amide bonds. The van der Waals surface area contributed by atoms with Crippen molar-refractivity contribution in [1.29, 1.82) is 0 Å². The fraction of sp³-hybridized carbons (Fsp3) is 0.188. The Morgan fingerprint density at radius 3 is 2.42 bits per heavy atom. The minimum Gasteiger partial charge on any atom is -0.325 e. The summed E-state index contributed by atoms with van der Waals surface area (Å²) in [7, 11) is 2.95. The second-order valence-electron chi connectivity index (χ2n) is 5.44. The Kier molecular flexibility index (Phi) is 3.80. The van der Waals surface area contributed by atoms with Gasteiger partial charge in [-0.2, -0.15) is 0 Å². The molecule has 1 aromatic carbocycles. The van der Waals surface area contributed by atoms with E-state index in [0.717, 1.165) is 4.57 Å². The Labute approximate surface area is 135 Å². The highest BCUT2D eigenvalue weighted by atomic mass is 19.1. The molecule has 2 heterocycles. The molecule has 0 bridgehead atoms. The number of hydrogen-bond donors (Lipinski definition) is 1. The van der Waals surface area contributed by atoms with E-state index in [1.165, 1.54) is 40.4 Å². The maximum atomic E-state index is 12.9. The molecule has 0 radical (unpaired) electrons. The van der Waals surface area contributed by atoms with E-state index in [9.17, 15) is 18.8 Å². The third-order valence-corrected chi connectivity index (χ3v) is 3.80. The number of fused-ring (bicyclic) bond motifs is 1. The van der Waals surface area contributed by atoms with Crippen molar-refractivity contribution in [2.45, 2.75) is 6.54 Å². The molecule has 3 rings (SSSR count). The van der Waals surface area contributed by atoms with Crippen LogP contribution < -0.4 is 16.6 Å². The monoisotopic (exact) mass is 330 g/mol. The first-order valence-electron chi connectivity index (χ1n) is 7.19.